The van der Waals surface area contributed by atoms with Crippen molar-refractivity contribution in [3.63, 3.8) is 0 Å². The third kappa shape index (κ3) is 15.0. The number of nitrogens with zero attached hydrogens (tertiary/aromatic N) is 1. The minimum Gasteiger partial charge on any atom is -0.332 e. The van der Waals surface area contributed by atoms with Crippen LogP contribution in [-0.4, -0.2) is 16.8 Å². The molecule has 1 aliphatic rings. The van der Waals surface area contributed by atoms with E-state index < -0.39 is 0 Å². The first-order valence-corrected chi connectivity index (χ1v) is 13.5. The van der Waals surface area contributed by atoms with Crippen molar-refractivity contribution in [2.75, 3.05) is 0 Å². The molecule has 2 atom stereocenters. The Morgan fingerprint density at radius 1 is 0.969 bits per heavy atom. The summed E-state index contributed by atoms with van der Waals surface area (Å²) in [5.41, 5.74) is 1.77. The van der Waals surface area contributed by atoms with Crippen molar-refractivity contribution < 1.29 is 4.79 Å². The maximum Gasteiger partial charge on any atom is 0.249 e. The van der Waals surface area contributed by atoms with Crippen LogP contribution in [0.3, 0.4) is 0 Å². The summed E-state index contributed by atoms with van der Waals surface area (Å²) in [6.45, 7) is 22.9. The number of carbonyl (C=O) groups is 1. The molecule has 0 radical (unpaired) electrons. The van der Waals surface area contributed by atoms with E-state index in [2.05, 4.69) is 20.8 Å². The lowest BCUT2D eigenvalue weighted by Gasteiger charge is -2.30. The van der Waals surface area contributed by atoms with Crippen LogP contribution in [0.2, 0.25) is 10.0 Å². The van der Waals surface area contributed by atoms with Gasteiger partial charge in [0.15, 0.2) is 0 Å². The summed E-state index contributed by atoms with van der Waals surface area (Å²) in [6, 6.07) is 5.79. The van der Waals surface area contributed by atoms with Crippen molar-refractivity contribution in [1.82, 2.24) is 4.90 Å². The molecule has 1 fully saturated rings. The number of rotatable bonds is 5. The lowest BCUT2D eigenvalue weighted by Crippen LogP contribution is -2.39. The minimum absolute atomic E-state index is 0.109. The molecule has 0 heterocycles. The number of allylic oxidation sites excluding steroid dienone is 1. The van der Waals surface area contributed by atoms with E-state index >= 15 is 0 Å². The van der Waals surface area contributed by atoms with E-state index in [1.54, 1.807) is 6.07 Å². The monoisotopic (exact) mass is 487 g/mol. The Labute approximate surface area is 210 Å². The van der Waals surface area contributed by atoms with Crippen molar-refractivity contribution in [3.05, 3.63) is 45.5 Å². The Hall–Kier alpha value is -0.990. The summed E-state index contributed by atoms with van der Waals surface area (Å²) in [4.78, 5) is 14.7. The van der Waals surface area contributed by atoms with Crippen LogP contribution >= 0.6 is 23.2 Å². The first kappa shape index (κ1) is 35.6. The van der Waals surface area contributed by atoms with Gasteiger partial charge in [-0.25, -0.2) is 0 Å². The van der Waals surface area contributed by atoms with Crippen molar-refractivity contribution >= 4 is 29.1 Å². The van der Waals surface area contributed by atoms with Gasteiger partial charge in [-0.1, -0.05) is 104 Å². The van der Waals surface area contributed by atoms with E-state index in [4.69, 9.17) is 23.2 Å². The van der Waals surface area contributed by atoms with Gasteiger partial charge < -0.3 is 4.90 Å². The molecule has 188 valence electrons. The molecule has 1 aromatic rings. The van der Waals surface area contributed by atoms with Gasteiger partial charge in [-0.3, -0.25) is 4.79 Å². The Balaban J connectivity index is -0.000000727. The van der Waals surface area contributed by atoms with Crippen molar-refractivity contribution in [2.24, 2.45) is 5.92 Å². The Bertz CT molecular complexity index is 591. The fourth-order valence-corrected chi connectivity index (χ4v) is 3.65. The van der Waals surface area contributed by atoms with E-state index in [-0.39, 0.29) is 5.91 Å². The van der Waals surface area contributed by atoms with Crippen molar-refractivity contribution in [2.45, 2.75) is 121 Å². The second-order valence-electron chi connectivity index (χ2n) is 7.25. The van der Waals surface area contributed by atoms with E-state index in [1.807, 2.05) is 78.5 Å². The highest BCUT2D eigenvalue weighted by Gasteiger charge is 2.30. The van der Waals surface area contributed by atoms with Gasteiger partial charge in [0, 0.05) is 28.2 Å². The van der Waals surface area contributed by atoms with Crippen LogP contribution in [0.15, 0.2) is 29.8 Å². The first-order chi connectivity index (χ1) is 15.3. The van der Waals surface area contributed by atoms with E-state index in [0.717, 1.165) is 24.0 Å². The molecule has 1 unspecified atom stereocenters. The molecule has 1 saturated carbocycles. The second kappa shape index (κ2) is 23.2. The lowest BCUT2D eigenvalue weighted by atomic mass is 10.1. The normalized spacial score (nSPS) is 16.6. The number of unbranched alkanes of at least 4 members (excludes halogenated alkanes) is 1. The van der Waals surface area contributed by atoms with Crippen LogP contribution < -0.4 is 0 Å². The van der Waals surface area contributed by atoms with Gasteiger partial charge in [0.2, 0.25) is 5.91 Å². The highest BCUT2D eigenvalue weighted by atomic mass is 35.5. The standard InChI is InChI=1S/C18H23Cl2NO.C4H10.3C2H6/c1-4-13(3)18(22)21(17-6-5-12(2)7-17)11-14-8-15(19)10-16(20)9-14;1-3-4-2;3*1-2/h4,8-10,12,17H,5-7,11H2,1-3H3;3-4H2,1-2H3;3*1-2H3/b13-4+;;;;/t12?,17-;;;;/m1..../s1. The Kier molecular flexibility index (Phi) is 25.8. The zero-order valence-electron chi connectivity index (χ0n) is 22.8. The van der Waals surface area contributed by atoms with Crippen LogP contribution in [0.25, 0.3) is 0 Å². The quantitative estimate of drug-likeness (QED) is 0.378. The van der Waals surface area contributed by atoms with Crippen LogP contribution in [0.5, 0.6) is 0 Å². The summed E-state index contributed by atoms with van der Waals surface area (Å²) in [5.74, 6) is 0.784. The van der Waals surface area contributed by atoms with Gasteiger partial charge in [-0.05, 0) is 62.8 Å². The Morgan fingerprint density at radius 3 is 1.78 bits per heavy atom. The lowest BCUT2D eigenvalue weighted by molar-refractivity contribution is -0.130. The molecule has 1 aliphatic carbocycles. The molecule has 0 aromatic heterocycles. The maximum atomic E-state index is 12.7. The summed E-state index contributed by atoms with van der Waals surface area (Å²) in [6.07, 6.45) is 7.83. The average Bonchev–Trinajstić information content (AvgIpc) is 3.25. The largest absolute Gasteiger partial charge is 0.332 e. The molecule has 1 aromatic carbocycles. The zero-order chi connectivity index (χ0) is 25.7. The Morgan fingerprint density at radius 2 is 1.44 bits per heavy atom. The molecule has 0 spiro atoms. The SMILES string of the molecule is C/C=C(\C)C(=O)N(Cc1cc(Cl)cc(Cl)c1)[C@@H]1CCC(C)C1.CC.CC.CC.CCCC. The van der Waals surface area contributed by atoms with Gasteiger partial charge in [-0.15, -0.1) is 0 Å². The van der Waals surface area contributed by atoms with Crippen molar-refractivity contribution in [3.8, 4) is 0 Å². The van der Waals surface area contributed by atoms with Crippen LogP contribution in [-0.2, 0) is 11.3 Å². The number of halogens is 2. The predicted molar refractivity (Wildman–Crippen MR) is 148 cm³/mol. The van der Waals surface area contributed by atoms with Gasteiger partial charge in [0.25, 0.3) is 0 Å². The first-order valence-electron chi connectivity index (χ1n) is 12.7. The molecule has 2 nitrogen and oxygen atoms in total. The molecule has 0 bridgehead atoms. The summed E-state index contributed by atoms with van der Waals surface area (Å²) in [5, 5.41) is 1.22. The molecule has 0 N–H and O–H groups in total. The van der Waals surface area contributed by atoms with Gasteiger partial charge in [0.05, 0.1) is 0 Å². The number of hydrogen-bond donors (Lipinski definition) is 0. The highest BCUT2D eigenvalue weighted by Crippen LogP contribution is 2.31. The third-order valence-corrected chi connectivity index (χ3v) is 5.35. The van der Waals surface area contributed by atoms with Crippen LogP contribution in [0.1, 0.15) is 114 Å². The number of benzene rings is 1. The molecular weight excluding hydrogens is 437 g/mol. The zero-order valence-corrected chi connectivity index (χ0v) is 24.3. The topological polar surface area (TPSA) is 20.3 Å². The average molecular weight is 489 g/mol. The molecule has 0 aliphatic heterocycles. The van der Waals surface area contributed by atoms with E-state index in [1.165, 1.54) is 19.3 Å². The fraction of sp³-hybridized carbons (Fsp3) is 0.679. The van der Waals surface area contributed by atoms with Gasteiger partial charge in [-0.2, -0.15) is 0 Å². The molecule has 4 heteroatoms. The van der Waals surface area contributed by atoms with Crippen LogP contribution in [0, 0.1) is 5.92 Å². The third-order valence-electron chi connectivity index (χ3n) is 4.91. The summed E-state index contributed by atoms with van der Waals surface area (Å²) >= 11 is 12.2. The predicted octanol–water partition coefficient (Wildman–Crippen LogP) is 10.4. The summed E-state index contributed by atoms with van der Waals surface area (Å²) in [7, 11) is 0. The van der Waals surface area contributed by atoms with Gasteiger partial charge >= 0.3 is 0 Å². The molecule has 0 saturated heterocycles. The maximum absolute atomic E-state index is 12.7. The fourth-order valence-electron chi connectivity index (χ4n) is 3.08. The van der Waals surface area contributed by atoms with Crippen molar-refractivity contribution in [1.29, 1.82) is 0 Å². The molecule has 32 heavy (non-hydrogen) atoms. The minimum atomic E-state index is 0.109. The van der Waals surface area contributed by atoms with E-state index in [9.17, 15) is 4.79 Å². The number of amides is 1. The summed E-state index contributed by atoms with van der Waals surface area (Å²) < 4.78 is 0. The van der Waals surface area contributed by atoms with E-state index in [0.29, 0.717) is 28.5 Å². The highest BCUT2D eigenvalue weighted by molar-refractivity contribution is 6.34. The second-order valence-corrected chi connectivity index (χ2v) is 8.13. The molecule has 1 amide bonds. The van der Waals surface area contributed by atoms with Crippen LogP contribution in [0.4, 0.5) is 0 Å². The molecular formula is C28H51Cl2NO. The smallest absolute Gasteiger partial charge is 0.249 e. The molecule has 2 rings (SSSR count). The van der Waals surface area contributed by atoms with Gasteiger partial charge in [0.1, 0.15) is 0 Å². The number of carbonyl (C=O) groups excluding carboxylic acids is 1. The number of hydrogen-bond acceptors (Lipinski definition) is 1.